The molecule has 5 nitrogen and oxygen atoms in total. The highest BCUT2D eigenvalue weighted by Crippen LogP contribution is 2.22. The average molecular weight is 276 g/mol. The zero-order chi connectivity index (χ0) is 14.4. The van der Waals surface area contributed by atoms with Gasteiger partial charge >= 0.3 is 0 Å². The first-order valence-electron chi connectivity index (χ1n) is 7.53. The number of hydrogen-bond donors (Lipinski definition) is 1. The van der Waals surface area contributed by atoms with Crippen molar-refractivity contribution in [3.63, 3.8) is 0 Å². The van der Waals surface area contributed by atoms with Crippen LogP contribution in [0.3, 0.4) is 0 Å². The van der Waals surface area contributed by atoms with E-state index in [2.05, 4.69) is 22.2 Å². The number of likely N-dealkylation sites (tertiary alicyclic amines) is 1. The van der Waals surface area contributed by atoms with Gasteiger partial charge in [0, 0.05) is 20.1 Å². The quantitative estimate of drug-likeness (QED) is 0.918. The molecular formula is C15H24N4O. The van der Waals surface area contributed by atoms with Crippen molar-refractivity contribution in [3.05, 3.63) is 18.1 Å². The molecule has 1 aliphatic rings. The summed E-state index contributed by atoms with van der Waals surface area (Å²) >= 11 is 0. The lowest BCUT2D eigenvalue weighted by molar-refractivity contribution is 0.0753. The normalized spacial score (nSPS) is 19.5. The van der Waals surface area contributed by atoms with Crippen LogP contribution in [-0.4, -0.2) is 40.9 Å². The Labute approximate surface area is 120 Å². The van der Waals surface area contributed by atoms with Gasteiger partial charge in [0.05, 0.1) is 12.4 Å². The molecule has 5 heteroatoms. The van der Waals surface area contributed by atoms with E-state index >= 15 is 0 Å². The molecule has 1 aliphatic heterocycles. The van der Waals surface area contributed by atoms with Crippen molar-refractivity contribution in [2.45, 2.75) is 39.0 Å². The lowest BCUT2D eigenvalue weighted by Gasteiger charge is -2.20. The Balaban J connectivity index is 1.97. The maximum absolute atomic E-state index is 12.4. The molecule has 20 heavy (non-hydrogen) atoms. The van der Waals surface area contributed by atoms with Crippen LogP contribution in [0.5, 0.6) is 0 Å². The van der Waals surface area contributed by atoms with Crippen LogP contribution in [0, 0.1) is 5.92 Å². The highest BCUT2D eigenvalue weighted by atomic mass is 16.2. The number of carbonyl (C=O) groups excluding carboxylic acids is 1. The Hall–Kier alpha value is -1.65. The summed E-state index contributed by atoms with van der Waals surface area (Å²) in [5.41, 5.74) is 0.443. The lowest BCUT2D eigenvalue weighted by atomic mass is 9.96. The number of carbonyl (C=O) groups is 1. The van der Waals surface area contributed by atoms with Crippen molar-refractivity contribution in [1.29, 1.82) is 0 Å². The van der Waals surface area contributed by atoms with E-state index in [9.17, 15) is 4.79 Å². The summed E-state index contributed by atoms with van der Waals surface area (Å²) < 4.78 is 0. The van der Waals surface area contributed by atoms with Gasteiger partial charge in [0.15, 0.2) is 0 Å². The van der Waals surface area contributed by atoms with Crippen molar-refractivity contribution in [2.24, 2.45) is 5.92 Å². The van der Waals surface area contributed by atoms with Gasteiger partial charge < -0.3 is 10.2 Å². The maximum Gasteiger partial charge on any atom is 0.274 e. The highest BCUT2D eigenvalue weighted by molar-refractivity contribution is 5.92. The van der Waals surface area contributed by atoms with Crippen molar-refractivity contribution in [2.75, 3.05) is 25.5 Å². The first-order valence-corrected chi connectivity index (χ1v) is 7.53. The minimum Gasteiger partial charge on any atom is -0.372 e. The second-order valence-corrected chi connectivity index (χ2v) is 5.41. The lowest BCUT2D eigenvalue weighted by Crippen LogP contribution is -2.32. The van der Waals surface area contributed by atoms with Crippen molar-refractivity contribution >= 4 is 11.7 Å². The molecule has 0 aliphatic carbocycles. The molecule has 0 spiro atoms. The molecule has 1 amide bonds. The van der Waals surface area contributed by atoms with E-state index in [0.717, 1.165) is 31.8 Å². The zero-order valence-electron chi connectivity index (χ0n) is 12.4. The second kappa shape index (κ2) is 7.22. The van der Waals surface area contributed by atoms with E-state index < -0.39 is 0 Å². The molecule has 2 rings (SSSR count). The third-order valence-corrected chi connectivity index (χ3v) is 3.96. The Morgan fingerprint density at radius 3 is 2.85 bits per heavy atom. The zero-order valence-corrected chi connectivity index (χ0v) is 12.4. The number of anilines is 1. The van der Waals surface area contributed by atoms with E-state index in [0.29, 0.717) is 11.5 Å². The Morgan fingerprint density at radius 1 is 1.35 bits per heavy atom. The number of nitrogens with one attached hydrogen (secondary N) is 1. The van der Waals surface area contributed by atoms with Crippen LogP contribution in [-0.2, 0) is 0 Å². The number of amides is 1. The number of hydrogen-bond acceptors (Lipinski definition) is 4. The Kier molecular flexibility index (Phi) is 5.32. The van der Waals surface area contributed by atoms with Gasteiger partial charge in [-0.25, -0.2) is 9.97 Å². The molecular weight excluding hydrogens is 252 g/mol. The van der Waals surface area contributed by atoms with Crippen molar-refractivity contribution in [3.8, 4) is 0 Å². The molecule has 1 fully saturated rings. The van der Waals surface area contributed by atoms with Gasteiger partial charge in [-0.05, 0) is 25.2 Å². The summed E-state index contributed by atoms with van der Waals surface area (Å²) in [5.74, 6) is 1.47. The van der Waals surface area contributed by atoms with Gasteiger partial charge in [-0.3, -0.25) is 4.79 Å². The highest BCUT2D eigenvalue weighted by Gasteiger charge is 2.22. The second-order valence-electron chi connectivity index (χ2n) is 5.41. The first kappa shape index (κ1) is 14.8. The van der Waals surface area contributed by atoms with Gasteiger partial charge in [-0.1, -0.05) is 19.8 Å². The van der Waals surface area contributed by atoms with Crippen LogP contribution >= 0.6 is 0 Å². The van der Waals surface area contributed by atoms with E-state index in [1.165, 1.54) is 19.3 Å². The van der Waals surface area contributed by atoms with Crippen LogP contribution in [0.25, 0.3) is 0 Å². The molecule has 1 unspecified atom stereocenters. The minimum atomic E-state index is 0.0114. The molecule has 110 valence electrons. The summed E-state index contributed by atoms with van der Waals surface area (Å²) in [7, 11) is 1.79. The smallest absolute Gasteiger partial charge is 0.274 e. The summed E-state index contributed by atoms with van der Waals surface area (Å²) in [6.07, 6.45) is 9.11. The fraction of sp³-hybridized carbons (Fsp3) is 0.667. The van der Waals surface area contributed by atoms with Crippen molar-refractivity contribution in [1.82, 2.24) is 14.9 Å². The predicted octanol–water partition coefficient (Wildman–Crippen LogP) is 2.56. The molecule has 0 radical (unpaired) electrons. The third-order valence-electron chi connectivity index (χ3n) is 3.96. The van der Waals surface area contributed by atoms with Gasteiger partial charge in [-0.15, -0.1) is 0 Å². The van der Waals surface area contributed by atoms with E-state index in [1.54, 1.807) is 19.4 Å². The maximum atomic E-state index is 12.4. The standard InChI is InChI=1S/C15H24N4O/c1-3-5-12-6-4-8-19(9-7-12)15(20)13-10-18-14(16-2)11-17-13/h10-12H,3-9H2,1-2H3,(H,16,18). The predicted molar refractivity (Wildman–Crippen MR) is 79.7 cm³/mol. The largest absolute Gasteiger partial charge is 0.372 e. The summed E-state index contributed by atoms with van der Waals surface area (Å²) in [6, 6.07) is 0. The van der Waals surface area contributed by atoms with Crippen molar-refractivity contribution < 1.29 is 4.79 Å². The number of rotatable bonds is 4. The monoisotopic (exact) mass is 276 g/mol. The van der Waals surface area contributed by atoms with Crippen LogP contribution in [0.2, 0.25) is 0 Å². The van der Waals surface area contributed by atoms with Crippen LogP contribution in [0.15, 0.2) is 12.4 Å². The van der Waals surface area contributed by atoms with Gasteiger partial charge in [-0.2, -0.15) is 0 Å². The molecule has 0 bridgehead atoms. The molecule has 0 saturated carbocycles. The first-order chi connectivity index (χ1) is 9.74. The molecule has 1 aromatic rings. The fourth-order valence-corrected chi connectivity index (χ4v) is 2.79. The summed E-state index contributed by atoms with van der Waals surface area (Å²) in [4.78, 5) is 22.7. The molecule has 2 heterocycles. The summed E-state index contributed by atoms with van der Waals surface area (Å²) in [6.45, 7) is 3.92. The average Bonchev–Trinajstić information content (AvgIpc) is 2.73. The summed E-state index contributed by atoms with van der Waals surface area (Å²) in [5, 5.41) is 2.90. The SMILES string of the molecule is CCCC1CCCN(C(=O)c2cnc(NC)cn2)CC1. The van der Waals surface area contributed by atoms with Gasteiger partial charge in [0.25, 0.3) is 5.91 Å². The number of aromatic nitrogens is 2. The van der Waals surface area contributed by atoms with Crippen LogP contribution < -0.4 is 5.32 Å². The topological polar surface area (TPSA) is 58.1 Å². The number of nitrogens with zero attached hydrogens (tertiary/aromatic N) is 3. The molecule has 1 aromatic heterocycles. The van der Waals surface area contributed by atoms with E-state index in [4.69, 9.17) is 0 Å². The molecule has 1 atom stereocenters. The molecule has 0 aromatic carbocycles. The van der Waals surface area contributed by atoms with Gasteiger partial charge in [0.2, 0.25) is 0 Å². The van der Waals surface area contributed by atoms with E-state index in [-0.39, 0.29) is 5.91 Å². The Morgan fingerprint density at radius 2 is 2.20 bits per heavy atom. The third kappa shape index (κ3) is 3.68. The molecule has 1 saturated heterocycles. The molecule has 1 N–H and O–H groups in total. The Bertz CT molecular complexity index is 432. The fourth-order valence-electron chi connectivity index (χ4n) is 2.79. The minimum absolute atomic E-state index is 0.0114. The van der Waals surface area contributed by atoms with Crippen LogP contribution in [0.4, 0.5) is 5.82 Å². The van der Waals surface area contributed by atoms with E-state index in [1.807, 2.05) is 4.90 Å². The van der Waals surface area contributed by atoms with Crippen LogP contribution in [0.1, 0.15) is 49.5 Å². The van der Waals surface area contributed by atoms with Gasteiger partial charge in [0.1, 0.15) is 11.5 Å².